The summed E-state index contributed by atoms with van der Waals surface area (Å²) in [4.78, 5) is 0. The molecule has 1 nitrogen and oxygen atoms in total. The van der Waals surface area contributed by atoms with Crippen LogP contribution in [-0.4, -0.2) is 4.57 Å². The Labute approximate surface area is 216 Å². The van der Waals surface area contributed by atoms with E-state index in [1.807, 2.05) is 0 Å². The zero-order valence-electron chi connectivity index (χ0n) is 20.5. The first-order chi connectivity index (χ1) is 18.3. The first-order valence-corrected chi connectivity index (χ1v) is 14.1. The van der Waals surface area contributed by atoms with Gasteiger partial charge in [0, 0.05) is 39.1 Å². The molecule has 0 N–H and O–H groups in total. The molecule has 0 aliphatic carbocycles. The van der Waals surface area contributed by atoms with Crippen LogP contribution in [0.5, 0.6) is 0 Å². The van der Waals surface area contributed by atoms with Gasteiger partial charge in [0.15, 0.2) is 0 Å². The Bertz CT molecular complexity index is 2140. The van der Waals surface area contributed by atoms with Crippen molar-refractivity contribution < 1.29 is 0 Å². The lowest BCUT2D eigenvalue weighted by Crippen LogP contribution is -1.86. The van der Waals surface area contributed by atoms with Crippen LogP contribution < -0.4 is 0 Å². The number of benzene rings is 6. The van der Waals surface area contributed by atoms with Crippen molar-refractivity contribution in [1.29, 1.82) is 0 Å². The molecule has 174 valence electrons. The van der Waals surface area contributed by atoms with E-state index in [9.17, 15) is 0 Å². The Balaban J connectivity index is 1.42. The fourth-order valence-corrected chi connectivity index (χ4v) is 8.83. The van der Waals surface area contributed by atoms with Crippen LogP contribution in [0.1, 0.15) is 0 Å². The third-order valence-corrected chi connectivity index (χ3v) is 10.5. The number of aryl methyl sites for hydroxylation is 1. The summed E-state index contributed by atoms with van der Waals surface area (Å²) >= 11 is 0. The van der Waals surface area contributed by atoms with E-state index >= 15 is 0 Å². The molecule has 2 aromatic heterocycles. The maximum Gasteiger partial charge on any atom is 0.0495 e. The molecule has 0 aliphatic rings. The van der Waals surface area contributed by atoms with Crippen molar-refractivity contribution in [2.45, 2.75) is 0 Å². The van der Waals surface area contributed by atoms with Crippen molar-refractivity contribution in [3.8, 4) is 16.4 Å². The van der Waals surface area contributed by atoms with Crippen molar-refractivity contribution in [3.05, 3.63) is 127 Å². The van der Waals surface area contributed by atoms with Crippen molar-refractivity contribution >= 4 is 61.1 Å². The van der Waals surface area contributed by atoms with Gasteiger partial charge in [-0.1, -0.05) is 111 Å². The molecule has 8 aromatic rings. The van der Waals surface area contributed by atoms with E-state index in [0.717, 1.165) is 0 Å². The van der Waals surface area contributed by atoms with Crippen molar-refractivity contribution in [2.24, 2.45) is 7.05 Å². The molecule has 37 heavy (non-hydrogen) atoms. The predicted molar refractivity (Wildman–Crippen MR) is 162 cm³/mol. The number of hydrogen-bond acceptors (Lipinski definition) is 0. The molecule has 1 atom stereocenters. The molecule has 0 fully saturated rings. The van der Waals surface area contributed by atoms with Crippen LogP contribution in [0.2, 0.25) is 0 Å². The molecule has 0 saturated heterocycles. The Morgan fingerprint density at radius 1 is 0.486 bits per heavy atom. The highest BCUT2D eigenvalue weighted by molar-refractivity contribution is 7.67. The van der Waals surface area contributed by atoms with Crippen LogP contribution in [-0.2, 0) is 7.05 Å². The van der Waals surface area contributed by atoms with Crippen LogP contribution in [0.4, 0.5) is 0 Å². The maximum atomic E-state index is 2.46. The summed E-state index contributed by atoms with van der Waals surface area (Å²) < 4.78 is 2.33. The van der Waals surface area contributed by atoms with Gasteiger partial charge in [-0.05, 0) is 62.2 Å². The molecule has 8 rings (SSSR count). The van der Waals surface area contributed by atoms with Crippen molar-refractivity contribution in [3.63, 3.8) is 0 Å². The number of nitrogens with zero attached hydrogens (tertiary/aromatic N) is 1. The average molecular weight is 490 g/mol. The van der Waals surface area contributed by atoms with Crippen LogP contribution in [0.15, 0.2) is 127 Å². The summed E-state index contributed by atoms with van der Waals surface area (Å²) in [6.45, 7) is 0. The molecule has 2 heteroatoms. The quantitative estimate of drug-likeness (QED) is 0.228. The van der Waals surface area contributed by atoms with E-state index in [0.29, 0.717) is 0 Å². The van der Waals surface area contributed by atoms with Gasteiger partial charge in [0.1, 0.15) is 0 Å². The molecule has 0 aliphatic heterocycles. The lowest BCUT2D eigenvalue weighted by atomic mass is 9.99. The lowest BCUT2D eigenvalue weighted by molar-refractivity contribution is 1.01. The van der Waals surface area contributed by atoms with Crippen LogP contribution in [0, 0.1) is 0 Å². The van der Waals surface area contributed by atoms with Crippen LogP contribution in [0.25, 0.3) is 70.0 Å². The molecule has 0 amide bonds. The maximum absolute atomic E-state index is 2.46. The molecular weight excluding hydrogens is 465 g/mol. The summed E-state index contributed by atoms with van der Waals surface area (Å²) in [6.07, 6.45) is 0. The molecule has 0 bridgehead atoms. The fraction of sp³-hybridized carbons (Fsp3) is 0.0286. The minimum absolute atomic E-state index is 0.565. The van der Waals surface area contributed by atoms with Gasteiger partial charge in [-0.3, -0.25) is 0 Å². The smallest absolute Gasteiger partial charge is 0.0495 e. The highest BCUT2D eigenvalue weighted by atomic mass is 31.1. The first-order valence-electron chi connectivity index (χ1n) is 12.8. The lowest BCUT2D eigenvalue weighted by Gasteiger charge is -2.07. The predicted octanol–water partition coefficient (Wildman–Crippen LogP) is 10.4. The summed E-state index contributed by atoms with van der Waals surface area (Å²) in [5.74, 6) is 0. The highest BCUT2D eigenvalue weighted by Gasteiger charge is 2.16. The van der Waals surface area contributed by atoms with Crippen molar-refractivity contribution in [2.75, 3.05) is 0 Å². The Morgan fingerprint density at radius 3 is 2.05 bits per heavy atom. The number of aromatic nitrogens is 1. The van der Waals surface area contributed by atoms with Crippen molar-refractivity contribution in [1.82, 2.24) is 4.57 Å². The zero-order valence-corrected chi connectivity index (χ0v) is 21.4. The van der Waals surface area contributed by atoms with Gasteiger partial charge in [-0.25, -0.2) is 0 Å². The SMILES string of the molecule is Cn1c2ccc(-c3ccc4c5ccccc5p(-c5ccccc5)c4c3)cc2c2c3ccccc3ccc21. The molecule has 0 saturated carbocycles. The molecule has 2 heterocycles. The second kappa shape index (κ2) is 7.84. The largest absolute Gasteiger partial charge is 0.344 e. The molecule has 0 spiro atoms. The molecule has 0 radical (unpaired) electrons. The van der Waals surface area contributed by atoms with E-state index in [-0.39, 0.29) is 0 Å². The summed E-state index contributed by atoms with van der Waals surface area (Å²) in [6, 6.07) is 47.3. The minimum atomic E-state index is -0.565. The van der Waals surface area contributed by atoms with E-state index in [2.05, 4.69) is 139 Å². The standard InChI is InChI=1S/C35H24NP/c1-36-31-19-17-24(21-30(31)35-27-12-6-5-9-23(27)16-20-32(35)36)25-15-18-29-28-13-7-8-14-33(28)37(34(29)22-25)26-10-3-2-4-11-26/h2-22H,1H3. The average Bonchev–Trinajstić information content (AvgIpc) is 3.45. The molecule has 1 unspecified atom stereocenters. The van der Waals surface area contributed by atoms with Gasteiger partial charge >= 0.3 is 0 Å². The third kappa shape index (κ3) is 2.99. The first kappa shape index (κ1) is 20.8. The van der Waals surface area contributed by atoms with E-state index in [1.165, 1.54) is 70.0 Å². The fourth-order valence-electron chi connectivity index (χ4n) is 6.17. The molecular formula is C35H24NP. The zero-order chi connectivity index (χ0) is 24.5. The number of hydrogen-bond donors (Lipinski definition) is 0. The van der Waals surface area contributed by atoms with Gasteiger partial charge < -0.3 is 4.57 Å². The Kier molecular flexibility index (Phi) is 4.41. The summed E-state index contributed by atoms with van der Waals surface area (Å²) in [5, 5.41) is 12.4. The Hall–Kier alpha value is -4.32. The van der Waals surface area contributed by atoms with Crippen LogP contribution >= 0.6 is 7.53 Å². The Morgan fingerprint density at radius 2 is 1.16 bits per heavy atom. The van der Waals surface area contributed by atoms with Gasteiger partial charge in [0.05, 0.1) is 0 Å². The van der Waals surface area contributed by atoms with E-state index in [1.54, 1.807) is 0 Å². The minimum Gasteiger partial charge on any atom is -0.344 e. The van der Waals surface area contributed by atoms with Gasteiger partial charge in [0.25, 0.3) is 0 Å². The second-order valence-corrected chi connectivity index (χ2v) is 12.0. The second-order valence-electron chi connectivity index (χ2n) is 9.89. The van der Waals surface area contributed by atoms with Gasteiger partial charge in [0.2, 0.25) is 0 Å². The topological polar surface area (TPSA) is 4.93 Å². The van der Waals surface area contributed by atoms with E-state index in [4.69, 9.17) is 0 Å². The van der Waals surface area contributed by atoms with Crippen LogP contribution in [0.3, 0.4) is 0 Å². The summed E-state index contributed by atoms with van der Waals surface area (Å²) in [7, 11) is 1.61. The van der Waals surface area contributed by atoms with Gasteiger partial charge in [-0.2, -0.15) is 0 Å². The monoisotopic (exact) mass is 489 g/mol. The molecule has 6 aromatic carbocycles. The van der Waals surface area contributed by atoms with Gasteiger partial charge in [-0.15, -0.1) is 0 Å². The van der Waals surface area contributed by atoms with E-state index < -0.39 is 7.53 Å². The summed E-state index contributed by atoms with van der Waals surface area (Å²) in [5.41, 5.74) is 5.11. The normalized spacial score (nSPS) is 12.4. The third-order valence-electron chi connectivity index (χ3n) is 7.92. The highest BCUT2D eigenvalue weighted by Crippen LogP contribution is 2.55. The number of fused-ring (bicyclic) bond motifs is 8. The number of rotatable bonds is 2.